The van der Waals surface area contributed by atoms with E-state index in [1.54, 1.807) is 6.07 Å². The van der Waals surface area contributed by atoms with E-state index < -0.39 is 0 Å². The summed E-state index contributed by atoms with van der Waals surface area (Å²) >= 11 is 0. The fraction of sp³-hybridized carbons (Fsp3) is 0.471. The van der Waals surface area contributed by atoms with Crippen LogP contribution in [0, 0.1) is 0 Å². The minimum atomic E-state index is -0.332. The Balaban J connectivity index is 1.74. The van der Waals surface area contributed by atoms with Crippen molar-refractivity contribution in [3.8, 4) is 5.75 Å². The molecular weight excluding hydrogens is 310 g/mol. The molecule has 126 valence electrons. The van der Waals surface area contributed by atoms with E-state index in [2.05, 4.69) is 0 Å². The van der Waals surface area contributed by atoms with Gasteiger partial charge in [-0.05, 0) is 12.5 Å². The molecule has 2 N–H and O–H groups in total. The second kappa shape index (κ2) is 5.04. The topological polar surface area (TPSA) is 92.9 Å². The van der Waals surface area contributed by atoms with Crippen molar-refractivity contribution in [2.75, 3.05) is 13.2 Å². The van der Waals surface area contributed by atoms with Crippen molar-refractivity contribution in [2.45, 2.75) is 38.1 Å². The second-order valence-corrected chi connectivity index (χ2v) is 6.84. The van der Waals surface area contributed by atoms with Gasteiger partial charge in [0, 0.05) is 35.9 Å². The van der Waals surface area contributed by atoms with Crippen molar-refractivity contribution < 1.29 is 19.1 Å². The van der Waals surface area contributed by atoms with Gasteiger partial charge in [0.1, 0.15) is 5.75 Å². The number of piperidine rings is 1. The number of hydrogen-bond acceptors (Lipinski definition) is 5. The number of nitrogens with two attached hydrogens (primary N) is 1. The van der Waals surface area contributed by atoms with Gasteiger partial charge in [0.25, 0.3) is 5.91 Å². The zero-order chi connectivity index (χ0) is 17.1. The Kier molecular flexibility index (Phi) is 3.18. The summed E-state index contributed by atoms with van der Waals surface area (Å²) < 4.78 is 5.84. The summed E-state index contributed by atoms with van der Waals surface area (Å²) in [6.07, 6.45) is 1.11. The number of fused-ring (bicyclic) bond motifs is 3. The zero-order valence-electron chi connectivity index (χ0n) is 13.5. The van der Waals surface area contributed by atoms with Crippen LogP contribution >= 0.6 is 0 Å². The molecule has 0 aliphatic carbocycles. The third kappa shape index (κ3) is 1.91. The quantitative estimate of drug-likeness (QED) is 0.807. The average Bonchev–Trinajstić information content (AvgIpc) is 3.07. The zero-order valence-corrected chi connectivity index (χ0v) is 13.5. The minimum Gasteiger partial charge on any atom is -0.492 e. The Morgan fingerprint density at radius 3 is 2.58 bits per heavy atom. The van der Waals surface area contributed by atoms with E-state index in [0.717, 1.165) is 16.1 Å². The van der Waals surface area contributed by atoms with Crippen LogP contribution in [0.1, 0.15) is 47.7 Å². The van der Waals surface area contributed by atoms with Gasteiger partial charge in [-0.3, -0.25) is 14.4 Å². The molecule has 3 aliphatic heterocycles. The van der Waals surface area contributed by atoms with Crippen LogP contribution in [0.4, 0.5) is 0 Å². The lowest BCUT2D eigenvalue weighted by atomic mass is 9.83. The van der Waals surface area contributed by atoms with Gasteiger partial charge >= 0.3 is 0 Å². The van der Waals surface area contributed by atoms with Gasteiger partial charge in [0.2, 0.25) is 11.8 Å². The molecule has 1 atom stereocenters. The largest absolute Gasteiger partial charge is 0.492 e. The molecule has 7 nitrogen and oxygen atoms in total. The molecule has 1 aromatic carbocycles. The average molecular weight is 329 g/mol. The summed E-state index contributed by atoms with van der Waals surface area (Å²) in [5, 5.41) is 2.26. The molecule has 4 rings (SSSR count). The van der Waals surface area contributed by atoms with Crippen LogP contribution in [0.3, 0.4) is 0 Å². The fourth-order valence-corrected chi connectivity index (χ4v) is 3.64. The van der Waals surface area contributed by atoms with Crippen LogP contribution in [0.2, 0.25) is 0 Å². The van der Waals surface area contributed by atoms with Crippen LogP contribution in [-0.2, 0) is 21.5 Å². The number of ether oxygens (including phenoxy) is 1. The first-order valence-corrected chi connectivity index (χ1v) is 8.13. The van der Waals surface area contributed by atoms with E-state index in [0.29, 0.717) is 30.9 Å². The van der Waals surface area contributed by atoms with Gasteiger partial charge in [-0.15, -0.1) is 0 Å². The number of imide groups is 1. The van der Waals surface area contributed by atoms with Crippen LogP contribution in [0.5, 0.6) is 5.75 Å². The normalized spacial score (nSPS) is 25.8. The molecule has 3 amide bonds. The molecule has 3 aliphatic rings. The predicted molar refractivity (Wildman–Crippen MR) is 83.9 cm³/mol. The fourth-order valence-electron chi connectivity index (χ4n) is 3.64. The maximum absolute atomic E-state index is 12.7. The van der Waals surface area contributed by atoms with Gasteiger partial charge in [0.15, 0.2) is 0 Å². The molecule has 1 saturated heterocycles. The number of hydrazine groups is 1. The van der Waals surface area contributed by atoms with Gasteiger partial charge in [-0.1, -0.05) is 13.0 Å². The predicted octanol–water partition coefficient (Wildman–Crippen LogP) is 0.705. The van der Waals surface area contributed by atoms with E-state index in [9.17, 15) is 14.4 Å². The summed E-state index contributed by atoms with van der Waals surface area (Å²) in [7, 11) is 0. The van der Waals surface area contributed by atoms with E-state index in [4.69, 9.17) is 10.5 Å². The van der Waals surface area contributed by atoms with Gasteiger partial charge < -0.3 is 10.5 Å². The minimum absolute atomic E-state index is 0.176. The molecule has 7 heteroatoms. The van der Waals surface area contributed by atoms with Crippen LogP contribution < -0.4 is 10.5 Å². The second-order valence-electron chi connectivity index (χ2n) is 6.84. The first-order valence-electron chi connectivity index (χ1n) is 8.13. The molecule has 24 heavy (non-hydrogen) atoms. The third-order valence-electron chi connectivity index (χ3n) is 5.16. The Morgan fingerprint density at radius 1 is 1.21 bits per heavy atom. The van der Waals surface area contributed by atoms with Crippen molar-refractivity contribution in [2.24, 2.45) is 5.73 Å². The molecule has 0 bridgehead atoms. The summed E-state index contributed by atoms with van der Waals surface area (Å²) in [5.74, 6) is -0.303. The first-order chi connectivity index (χ1) is 11.5. The van der Waals surface area contributed by atoms with E-state index in [1.165, 1.54) is 5.01 Å². The summed E-state index contributed by atoms with van der Waals surface area (Å²) in [6.45, 7) is 3.11. The summed E-state index contributed by atoms with van der Waals surface area (Å²) in [6, 6.07) is 3.62. The number of benzene rings is 1. The number of nitrogens with zero attached hydrogens (tertiary/aromatic N) is 2. The Bertz CT molecular complexity index is 759. The highest BCUT2D eigenvalue weighted by Gasteiger charge is 2.44. The SMILES string of the molecule is CC1(CN)COc2c1ccc1c2CN(N2C(=O)CCCC2=O)C1=O. The maximum Gasteiger partial charge on any atom is 0.273 e. The number of carbonyl (C=O) groups is 3. The van der Waals surface area contributed by atoms with Gasteiger partial charge in [-0.2, -0.15) is 5.01 Å². The Labute approximate surface area is 139 Å². The Morgan fingerprint density at radius 2 is 1.92 bits per heavy atom. The highest BCUT2D eigenvalue weighted by molar-refractivity contribution is 6.05. The van der Waals surface area contributed by atoms with Crippen LogP contribution in [-0.4, -0.2) is 40.9 Å². The highest BCUT2D eigenvalue weighted by atomic mass is 16.5. The lowest BCUT2D eigenvalue weighted by Gasteiger charge is -2.32. The third-order valence-corrected chi connectivity index (χ3v) is 5.16. The molecule has 1 aromatic rings. The number of rotatable bonds is 2. The van der Waals surface area contributed by atoms with Gasteiger partial charge in [-0.25, -0.2) is 5.01 Å². The van der Waals surface area contributed by atoms with Crippen molar-refractivity contribution in [3.63, 3.8) is 0 Å². The molecule has 1 unspecified atom stereocenters. The van der Waals surface area contributed by atoms with Crippen LogP contribution in [0.15, 0.2) is 12.1 Å². The van der Waals surface area contributed by atoms with E-state index >= 15 is 0 Å². The molecule has 0 spiro atoms. The van der Waals surface area contributed by atoms with E-state index in [-0.39, 0.29) is 42.5 Å². The summed E-state index contributed by atoms with van der Waals surface area (Å²) in [5.41, 5.74) is 7.81. The number of carbonyl (C=O) groups excluding carboxylic acids is 3. The number of amides is 3. The van der Waals surface area contributed by atoms with Crippen LogP contribution in [0.25, 0.3) is 0 Å². The van der Waals surface area contributed by atoms with Crippen molar-refractivity contribution >= 4 is 17.7 Å². The molecule has 0 saturated carbocycles. The molecule has 0 aromatic heterocycles. The Hall–Kier alpha value is -2.41. The standard InChI is InChI=1S/C17H19N3O4/c1-17(8-18)9-24-15-11-7-19(16(23)10(11)5-6-12(15)17)20-13(21)3-2-4-14(20)22/h5-6H,2-4,7-9,18H2,1H3. The van der Waals surface area contributed by atoms with Crippen molar-refractivity contribution in [1.82, 2.24) is 10.0 Å². The van der Waals surface area contributed by atoms with Gasteiger partial charge in [0.05, 0.1) is 18.7 Å². The molecule has 3 heterocycles. The maximum atomic E-state index is 12.7. The van der Waals surface area contributed by atoms with Crippen molar-refractivity contribution in [3.05, 3.63) is 28.8 Å². The molecule has 0 radical (unpaired) electrons. The lowest BCUT2D eigenvalue weighted by molar-refractivity contribution is -0.163. The monoisotopic (exact) mass is 329 g/mol. The van der Waals surface area contributed by atoms with E-state index in [1.807, 2.05) is 13.0 Å². The first kappa shape index (κ1) is 15.1. The lowest BCUT2D eigenvalue weighted by Crippen LogP contribution is -2.52. The highest BCUT2D eigenvalue weighted by Crippen LogP contribution is 2.44. The smallest absolute Gasteiger partial charge is 0.273 e. The molecular formula is C17H19N3O4. The van der Waals surface area contributed by atoms with Crippen molar-refractivity contribution in [1.29, 1.82) is 0 Å². The summed E-state index contributed by atoms with van der Waals surface area (Å²) in [4.78, 5) is 37.0. The number of hydrogen-bond donors (Lipinski definition) is 1. The molecule has 1 fully saturated rings.